The molecule has 0 spiro atoms. The van der Waals surface area contributed by atoms with Gasteiger partial charge in [0.2, 0.25) is 5.91 Å². The maximum Gasteiger partial charge on any atom is 0.315 e. The van der Waals surface area contributed by atoms with E-state index >= 15 is 0 Å². The first-order valence-electron chi connectivity index (χ1n) is 10.9. The van der Waals surface area contributed by atoms with E-state index in [0.29, 0.717) is 65.1 Å². The lowest BCUT2D eigenvalue weighted by Crippen LogP contribution is -2.52. The molecule has 2 rings (SSSR count). The summed E-state index contributed by atoms with van der Waals surface area (Å²) < 4.78 is 21.5. The van der Waals surface area contributed by atoms with Gasteiger partial charge in [0.25, 0.3) is 0 Å². The van der Waals surface area contributed by atoms with E-state index in [2.05, 4.69) is 21.9 Å². The van der Waals surface area contributed by atoms with Gasteiger partial charge < -0.3 is 34.9 Å². The quantitative estimate of drug-likeness (QED) is 0.243. The van der Waals surface area contributed by atoms with Crippen molar-refractivity contribution in [3.05, 3.63) is 29.8 Å². The topological polar surface area (TPSA) is 107 Å². The molecule has 33 heavy (non-hydrogen) atoms. The van der Waals surface area contributed by atoms with Gasteiger partial charge in [0, 0.05) is 19.0 Å². The first-order valence-corrected chi connectivity index (χ1v) is 11.9. The zero-order chi connectivity index (χ0) is 23.7. The molecule has 1 saturated heterocycles. The predicted molar refractivity (Wildman–Crippen MR) is 127 cm³/mol. The number of amides is 3. The van der Waals surface area contributed by atoms with E-state index in [1.165, 1.54) is 11.8 Å². The number of urea groups is 1. The Morgan fingerprint density at radius 3 is 2.48 bits per heavy atom. The average Bonchev–Trinajstić information content (AvgIpc) is 2.82. The molecule has 0 aliphatic carbocycles. The predicted octanol–water partition coefficient (Wildman–Crippen LogP) is 1.37. The molecule has 0 radical (unpaired) electrons. The SMILES string of the molecule is C#CCOCCOCCOCCOc1ccc(CNC(=O)CSC2NC(=O)NCC2C)cc1. The molecule has 3 amide bonds. The lowest BCUT2D eigenvalue weighted by Gasteiger charge is -2.29. The summed E-state index contributed by atoms with van der Waals surface area (Å²) in [7, 11) is 0. The molecule has 1 aliphatic heterocycles. The van der Waals surface area contributed by atoms with Gasteiger partial charge in [-0.3, -0.25) is 4.79 Å². The van der Waals surface area contributed by atoms with Crippen LogP contribution in [-0.4, -0.2) is 75.9 Å². The fourth-order valence-corrected chi connectivity index (χ4v) is 3.85. The minimum Gasteiger partial charge on any atom is -0.491 e. The number of benzene rings is 1. The van der Waals surface area contributed by atoms with Crippen molar-refractivity contribution in [1.29, 1.82) is 0 Å². The third kappa shape index (κ3) is 11.8. The Labute approximate surface area is 199 Å². The Hall–Kier alpha value is -2.45. The van der Waals surface area contributed by atoms with Crippen molar-refractivity contribution in [2.75, 3.05) is 58.5 Å². The summed E-state index contributed by atoms with van der Waals surface area (Å²) in [6, 6.07) is 7.36. The highest BCUT2D eigenvalue weighted by Crippen LogP contribution is 2.19. The summed E-state index contributed by atoms with van der Waals surface area (Å²) in [6.07, 6.45) is 5.08. The summed E-state index contributed by atoms with van der Waals surface area (Å²) in [6.45, 7) is 6.22. The molecule has 2 unspecified atom stereocenters. The monoisotopic (exact) mass is 479 g/mol. The summed E-state index contributed by atoms with van der Waals surface area (Å²) in [5.41, 5.74) is 0.976. The van der Waals surface area contributed by atoms with E-state index in [1.54, 1.807) is 0 Å². The van der Waals surface area contributed by atoms with Crippen molar-refractivity contribution in [2.24, 2.45) is 5.92 Å². The van der Waals surface area contributed by atoms with E-state index < -0.39 is 0 Å². The van der Waals surface area contributed by atoms with Crippen molar-refractivity contribution in [2.45, 2.75) is 18.8 Å². The molecular weight excluding hydrogens is 446 g/mol. The van der Waals surface area contributed by atoms with Gasteiger partial charge in [0.15, 0.2) is 0 Å². The maximum atomic E-state index is 12.1. The third-order valence-electron chi connectivity index (χ3n) is 4.61. The van der Waals surface area contributed by atoms with Crippen LogP contribution in [0.15, 0.2) is 24.3 Å². The zero-order valence-corrected chi connectivity index (χ0v) is 19.8. The van der Waals surface area contributed by atoms with E-state index in [4.69, 9.17) is 25.4 Å². The minimum absolute atomic E-state index is 0.0590. The van der Waals surface area contributed by atoms with Gasteiger partial charge >= 0.3 is 6.03 Å². The average molecular weight is 480 g/mol. The summed E-state index contributed by atoms with van der Waals surface area (Å²) >= 11 is 1.44. The molecule has 1 aromatic carbocycles. The van der Waals surface area contributed by atoms with Gasteiger partial charge in [0.05, 0.1) is 44.2 Å². The second-order valence-electron chi connectivity index (χ2n) is 7.31. The highest BCUT2D eigenvalue weighted by molar-refractivity contribution is 8.00. The zero-order valence-electron chi connectivity index (χ0n) is 19.0. The number of hydrogen-bond acceptors (Lipinski definition) is 7. The molecule has 1 heterocycles. The van der Waals surface area contributed by atoms with Gasteiger partial charge in [-0.25, -0.2) is 4.79 Å². The molecular formula is C23H33N3O6S. The van der Waals surface area contributed by atoms with Crippen LogP contribution >= 0.6 is 11.8 Å². The van der Waals surface area contributed by atoms with Crippen molar-refractivity contribution < 1.29 is 28.5 Å². The van der Waals surface area contributed by atoms with Gasteiger partial charge in [-0.2, -0.15) is 0 Å². The fourth-order valence-electron chi connectivity index (χ4n) is 2.80. The number of hydrogen-bond donors (Lipinski definition) is 3. The molecule has 9 nitrogen and oxygen atoms in total. The summed E-state index contributed by atoms with van der Waals surface area (Å²) in [4.78, 5) is 23.5. The Balaban J connectivity index is 1.50. The molecule has 1 fully saturated rings. The molecule has 0 saturated carbocycles. The van der Waals surface area contributed by atoms with E-state index in [1.807, 2.05) is 31.2 Å². The normalized spacial score (nSPS) is 17.5. The molecule has 182 valence electrons. The first-order chi connectivity index (χ1) is 16.1. The van der Waals surface area contributed by atoms with Gasteiger partial charge in [0.1, 0.15) is 19.0 Å². The Morgan fingerprint density at radius 2 is 1.79 bits per heavy atom. The lowest BCUT2D eigenvalue weighted by molar-refractivity contribution is -0.118. The van der Waals surface area contributed by atoms with Gasteiger partial charge in [-0.15, -0.1) is 18.2 Å². The molecule has 2 atom stereocenters. The first kappa shape index (κ1) is 26.8. The summed E-state index contributed by atoms with van der Waals surface area (Å²) in [5, 5.41) is 8.42. The maximum absolute atomic E-state index is 12.1. The van der Waals surface area contributed by atoms with Crippen molar-refractivity contribution in [3.8, 4) is 18.1 Å². The number of rotatable bonds is 16. The Kier molecular flexibility index (Phi) is 13.2. The van der Waals surface area contributed by atoms with Crippen LogP contribution in [0.3, 0.4) is 0 Å². The molecule has 0 bridgehead atoms. The van der Waals surface area contributed by atoms with E-state index in [0.717, 1.165) is 11.3 Å². The smallest absolute Gasteiger partial charge is 0.315 e. The number of terminal acetylenes is 1. The highest BCUT2D eigenvalue weighted by atomic mass is 32.2. The minimum atomic E-state index is -0.188. The summed E-state index contributed by atoms with van der Waals surface area (Å²) in [5.74, 6) is 3.61. The lowest BCUT2D eigenvalue weighted by atomic mass is 10.1. The number of thioether (sulfide) groups is 1. The van der Waals surface area contributed by atoms with Crippen LogP contribution in [0.5, 0.6) is 5.75 Å². The van der Waals surface area contributed by atoms with E-state index in [9.17, 15) is 9.59 Å². The van der Waals surface area contributed by atoms with E-state index in [-0.39, 0.29) is 23.2 Å². The third-order valence-corrected chi connectivity index (χ3v) is 5.98. The molecule has 3 N–H and O–H groups in total. The molecule has 10 heteroatoms. The van der Waals surface area contributed by atoms with Crippen LogP contribution in [0.4, 0.5) is 4.79 Å². The molecule has 0 aromatic heterocycles. The van der Waals surface area contributed by atoms with Gasteiger partial charge in [-0.1, -0.05) is 25.0 Å². The molecule has 1 aliphatic rings. The van der Waals surface area contributed by atoms with Crippen LogP contribution in [0.2, 0.25) is 0 Å². The van der Waals surface area contributed by atoms with Crippen LogP contribution in [0, 0.1) is 18.3 Å². The number of ether oxygens (including phenoxy) is 4. The number of carbonyl (C=O) groups is 2. The highest BCUT2D eigenvalue weighted by Gasteiger charge is 2.25. The second-order valence-corrected chi connectivity index (χ2v) is 8.44. The van der Waals surface area contributed by atoms with Crippen LogP contribution in [-0.2, 0) is 25.5 Å². The van der Waals surface area contributed by atoms with Crippen molar-refractivity contribution in [3.63, 3.8) is 0 Å². The number of nitrogens with one attached hydrogen (secondary N) is 3. The van der Waals surface area contributed by atoms with Crippen molar-refractivity contribution in [1.82, 2.24) is 16.0 Å². The van der Waals surface area contributed by atoms with Crippen LogP contribution < -0.4 is 20.7 Å². The number of carbonyl (C=O) groups excluding carboxylic acids is 2. The standard InChI is InChI=1S/C23H33N3O6S/c1-3-8-29-9-10-30-11-12-31-13-14-32-20-6-4-19(5-7-20)16-24-21(27)17-33-22-18(2)15-25-23(28)26-22/h1,4-7,18,22H,8-17H2,2H3,(H,24,27)(H2,25,26,28). The second kappa shape index (κ2) is 16.2. The van der Waals surface area contributed by atoms with Crippen molar-refractivity contribution >= 4 is 23.7 Å². The molecule has 1 aromatic rings. The van der Waals surface area contributed by atoms with Crippen LogP contribution in [0.25, 0.3) is 0 Å². The Bertz CT molecular complexity index is 756. The van der Waals surface area contributed by atoms with Crippen LogP contribution in [0.1, 0.15) is 12.5 Å². The Morgan fingerprint density at radius 1 is 1.12 bits per heavy atom. The fraction of sp³-hybridized carbons (Fsp3) is 0.565. The largest absolute Gasteiger partial charge is 0.491 e. The van der Waals surface area contributed by atoms with Gasteiger partial charge in [-0.05, 0) is 17.7 Å².